The summed E-state index contributed by atoms with van der Waals surface area (Å²) in [6.45, 7) is 0. The van der Waals surface area contributed by atoms with Crippen molar-refractivity contribution in [2.45, 2.75) is 12.8 Å². The number of carboxylic acids is 1. The molecule has 9 heteroatoms. The summed E-state index contributed by atoms with van der Waals surface area (Å²) >= 11 is 7.10. The number of aromatic nitrogens is 4. The highest BCUT2D eigenvalue weighted by Crippen LogP contribution is 2.17. The minimum absolute atomic E-state index is 0.206. The molecule has 0 spiro atoms. The van der Waals surface area contributed by atoms with E-state index in [2.05, 4.69) is 15.3 Å². The predicted octanol–water partition coefficient (Wildman–Crippen LogP) is 1.42. The lowest BCUT2D eigenvalue weighted by Crippen LogP contribution is -2.22. The van der Waals surface area contributed by atoms with Gasteiger partial charge in [-0.15, -0.1) is 10.2 Å². The summed E-state index contributed by atoms with van der Waals surface area (Å²) in [5.41, 5.74) is 0.548. The molecule has 0 saturated carbocycles. The number of hydrogen-bond acceptors (Lipinski definition) is 6. The van der Waals surface area contributed by atoms with Crippen LogP contribution in [0.1, 0.15) is 16.3 Å². The lowest BCUT2D eigenvalue weighted by atomic mass is 10.1. The molecule has 22 heavy (non-hydrogen) atoms. The van der Waals surface area contributed by atoms with Gasteiger partial charge in [0.05, 0.1) is 6.42 Å². The second kappa shape index (κ2) is 5.82. The summed E-state index contributed by atoms with van der Waals surface area (Å²) in [5.74, 6) is -1.02. The number of fused-ring (bicyclic) bond motifs is 1. The Morgan fingerprint density at radius 3 is 2.82 bits per heavy atom. The Morgan fingerprint density at radius 1 is 1.32 bits per heavy atom. The third-order valence-electron chi connectivity index (χ3n) is 2.92. The fourth-order valence-electron chi connectivity index (χ4n) is 1.92. The zero-order valence-electron chi connectivity index (χ0n) is 11.1. The van der Waals surface area contributed by atoms with Gasteiger partial charge in [-0.25, -0.2) is 0 Å². The average Bonchev–Trinajstić information content (AvgIpc) is 2.87. The lowest BCUT2D eigenvalue weighted by Gasteiger charge is -2.02. The molecule has 3 rings (SSSR count). The Morgan fingerprint density at radius 2 is 2.09 bits per heavy atom. The Kier molecular flexibility index (Phi) is 3.86. The monoisotopic (exact) mass is 336 g/mol. The summed E-state index contributed by atoms with van der Waals surface area (Å²) in [5, 5.41) is 21.4. The highest BCUT2D eigenvalue weighted by atomic mass is 35.5. The number of benzene rings is 1. The van der Waals surface area contributed by atoms with E-state index in [1.807, 2.05) is 6.07 Å². The Balaban J connectivity index is 2.01. The summed E-state index contributed by atoms with van der Waals surface area (Å²) in [6, 6.07) is 7.15. The summed E-state index contributed by atoms with van der Waals surface area (Å²) in [4.78, 5) is 23.3. The molecule has 112 valence electrons. The molecule has 0 bridgehead atoms. The van der Waals surface area contributed by atoms with Crippen LogP contribution in [0.15, 0.2) is 29.1 Å². The molecular formula is C13H9ClN4O3S. The van der Waals surface area contributed by atoms with E-state index in [0.717, 1.165) is 21.4 Å². The van der Waals surface area contributed by atoms with Crippen LogP contribution in [0, 0.1) is 0 Å². The molecule has 0 atom stereocenters. The first-order valence-electron chi connectivity index (χ1n) is 6.24. The molecule has 0 saturated heterocycles. The number of hydrogen-bond donors (Lipinski definition) is 1. The van der Waals surface area contributed by atoms with Gasteiger partial charge in [0.15, 0.2) is 0 Å². The molecule has 2 heterocycles. The average molecular weight is 337 g/mol. The molecule has 7 nitrogen and oxygen atoms in total. The van der Waals surface area contributed by atoms with E-state index in [1.54, 1.807) is 18.2 Å². The van der Waals surface area contributed by atoms with E-state index < -0.39 is 11.5 Å². The first kappa shape index (κ1) is 14.6. The van der Waals surface area contributed by atoms with Gasteiger partial charge in [0.1, 0.15) is 10.7 Å². The van der Waals surface area contributed by atoms with Gasteiger partial charge in [-0.2, -0.15) is 9.61 Å². The predicted molar refractivity (Wildman–Crippen MR) is 80.5 cm³/mol. The number of rotatable bonds is 4. The minimum Gasteiger partial charge on any atom is -0.481 e. The Bertz CT molecular complexity index is 921. The van der Waals surface area contributed by atoms with E-state index in [0.29, 0.717) is 10.0 Å². The van der Waals surface area contributed by atoms with Gasteiger partial charge in [0.25, 0.3) is 5.56 Å². The van der Waals surface area contributed by atoms with Crippen molar-refractivity contribution in [1.82, 2.24) is 19.8 Å². The maximum Gasteiger partial charge on any atom is 0.310 e. The molecule has 0 amide bonds. The second-order valence-electron chi connectivity index (χ2n) is 4.48. The zero-order chi connectivity index (χ0) is 15.7. The summed E-state index contributed by atoms with van der Waals surface area (Å²) in [7, 11) is 0. The molecule has 0 fully saturated rings. The molecule has 1 aromatic carbocycles. The number of carboxylic acid groups (broad SMARTS) is 1. The van der Waals surface area contributed by atoms with Crippen LogP contribution >= 0.6 is 22.9 Å². The number of nitrogens with zero attached hydrogens (tertiary/aromatic N) is 4. The van der Waals surface area contributed by atoms with Crippen molar-refractivity contribution >= 4 is 33.9 Å². The Hall–Kier alpha value is -2.32. The topological polar surface area (TPSA) is 97.4 Å². The molecular weight excluding hydrogens is 328 g/mol. The van der Waals surface area contributed by atoms with Gasteiger partial charge in [-0.05, 0) is 11.6 Å². The number of halogens is 1. The quantitative estimate of drug-likeness (QED) is 0.773. The normalized spacial score (nSPS) is 11.0. The van der Waals surface area contributed by atoms with Gasteiger partial charge in [0.2, 0.25) is 4.96 Å². The van der Waals surface area contributed by atoms with Gasteiger partial charge in [0, 0.05) is 11.4 Å². The largest absolute Gasteiger partial charge is 0.481 e. The molecule has 3 aromatic rings. The van der Waals surface area contributed by atoms with Crippen molar-refractivity contribution in [2.75, 3.05) is 0 Å². The van der Waals surface area contributed by atoms with Gasteiger partial charge in [-0.3, -0.25) is 9.59 Å². The van der Waals surface area contributed by atoms with Crippen molar-refractivity contribution in [3.63, 3.8) is 0 Å². The third kappa shape index (κ3) is 2.83. The SMILES string of the molecule is O=C(O)Cc1nn2c(=O)c(Cc3ccccc3Cl)nnc2s1. The maximum atomic E-state index is 12.4. The molecule has 0 aliphatic carbocycles. The van der Waals surface area contributed by atoms with Crippen LogP contribution < -0.4 is 5.56 Å². The van der Waals surface area contributed by atoms with E-state index in [9.17, 15) is 9.59 Å². The van der Waals surface area contributed by atoms with Crippen molar-refractivity contribution in [2.24, 2.45) is 0 Å². The smallest absolute Gasteiger partial charge is 0.310 e. The van der Waals surface area contributed by atoms with Crippen LogP contribution in [0.4, 0.5) is 0 Å². The standard InChI is InChI=1S/C13H9ClN4O3S/c14-8-4-2-1-3-7(8)5-9-12(21)18-13(16-15-9)22-10(17-18)6-11(19)20/h1-4H,5-6H2,(H,19,20). The van der Waals surface area contributed by atoms with E-state index >= 15 is 0 Å². The number of carbonyl (C=O) groups is 1. The van der Waals surface area contributed by atoms with E-state index in [4.69, 9.17) is 16.7 Å². The fraction of sp³-hybridized carbons (Fsp3) is 0.154. The van der Waals surface area contributed by atoms with Crippen LogP contribution in [0.3, 0.4) is 0 Å². The van der Waals surface area contributed by atoms with Crippen LogP contribution in [0.2, 0.25) is 5.02 Å². The maximum absolute atomic E-state index is 12.4. The Labute approximate surface area is 132 Å². The van der Waals surface area contributed by atoms with Crippen molar-refractivity contribution < 1.29 is 9.90 Å². The minimum atomic E-state index is -1.02. The van der Waals surface area contributed by atoms with Crippen LogP contribution in [-0.4, -0.2) is 30.9 Å². The summed E-state index contributed by atoms with van der Waals surface area (Å²) < 4.78 is 1.09. The zero-order valence-corrected chi connectivity index (χ0v) is 12.6. The van der Waals surface area contributed by atoms with Crippen LogP contribution in [-0.2, 0) is 17.6 Å². The molecule has 0 aliphatic heterocycles. The first-order valence-corrected chi connectivity index (χ1v) is 7.43. The van der Waals surface area contributed by atoms with E-state index in [-0.39, 0.29) is 23.5 Å². The third-order valence-corrected chi connectivity index (χ3v) is 4.18. The lowest BCUT2D eigenvalue weighted by molar-refractivity contribution is -0.136. The molecule has 1 N–H and O–H groups in total. The van der Waals surface area contributed by atoms with Crippen molar-refractivity contribution in [3.05, 3.63) is 55.9 Å². The first-order chi connectivity index (χ1) is 10.5. The molecule has 0 radical (unpaired) electrons. The molecule has 0 aliphatic rings. The van der Waals surface area contributed by atoms with Crippen molar-refractivity contribution in [1.29, 1.82) is 0 Å². The molecule has 2 aromatic heterocycles. The second-order valence-corrected chi connectivity index (χ2v) is 5.93. The van der Waals surface area contributed by atoms with E-state index in [1.165, 1.54) is 0 Å². The van der Waals surface area contributed by atoms with Crippen LogP contribution in [0.5, 0.6) is 0 Å². The van der Waals surface area contributed by atoms with Gasteiger partial charge < -0.3 is 5.11 Å². The van der Waals surface area contributed by atoms with Gasteiger partial charge in [-0.1, -0.05) is 41.1 Å². The fourth-order valence-corrected chi connectivity index (χ4v) is 2.94. The summed E-state index contributed by atoms with van der Waals surface area (Å²) in [6.07, 6.45) is -0.0203. The highest BCUT2D eigenvalue weighted by molar-refractivity contribution is 7.16. The molecule has 0 unspecified atom stereocenters. The number of aliphatic carboxylic acids is 1. The van der Waals surface area contributed by atoms with Crippen molar-refractivity contribution in [3.8, 4) is 0 Å². The highest BCUT2D eigenvalue weighted by Gasteiger charge is 2.14. The van der Waals surface area contributed by atoms with Gasteiger partial charge >= 0.3 is 5.97 Å². The van der Waals surface area contributed by atoms with Crippen LogP contribution in [0.25, 0.3) is 4.96 Å².